The van der Waals surface area contributed by atoms with Gasteiger partial charge in [0.1, 0.15) is 0 Å². The topological polar surface area (TPSA) is 15.3 Å². The Morgan fingerprint density at radius 2 is 2.06 bits per heavy atom. The van der Waals surface area contributed by atoms with Crippen molar-refractivity contribution in [2.24, 2.45) is 11.8 Å². The lowest BCUT2D eigenvalue weighted by Gasteiger charge is -2.34. The van der Waals surface area contributed by atoms with Gasteiger partial charge in [0.05, 0.1) is 0 Å². The van der Waals surface area contributed by atoms with E-state index in [4.69, 9.17) is 0 Å². The molecule has 0 bridgehead atoms. The van der Waals surface area contributed by atoms with Crippen LogP contribution in [0.1, 0.15) is 47.0 Å². The fourth-order valence-corrected chi connectivity index (χ4v) is 2.44. The maximum absolute atomic E-state index is 3.52. The third-order valence-electron chi connectivity index (χ3n) is 3.87. The summed E-state index contributed by atoms with van der Waals surface area (Å²) in [7, 11) is 0. The van der Waals surface area contributed by atoms with Gasteiger partial charge < -0.3 is 10.2 Å². The molecule has 1 saturated heterocycles. The molecule has 1 aliphatic heterocycles. The summed E-state index contributed by atoms with van der Waals surface area (Å²) in [6, 6.07) is 0.691. The molecule has 1 N–H and O–H groups in total. The van der Waals surface area contributed by atoms with Crippen molar-refractivity contribution >= 4 is 0 Å². The zero-order chi connectivity index (χ0) is 12.0. The van der Waals surface area contributed by atoms with Crippen molar-refractivity contribution in [2.45, 2.75) is 53.0 Å². The van der Waals surface area contributed by atoms with E-state index in [0.29, 0.717) is 6.04 Å². The van der Waals surface area contributed by atoms with Gasteiger partial charge in [0.2, 0.25) is 0 Å². The lowest BCUT2D eigenvalue weighted by molar-refractivity contribution is 0.150. The molecule has 2 atom stereocenters. The van der Waals surface area contributed by atoms with Crippen molar-refractivity contribution in [1.29, 1.82) is 0 Å². The van der Waals surface area contributed by atoms with Crippen molar-refractivity contribution in [3.63, 3.8) is 0 Å². The number of hydrogen-bond acceptors (Lipinski definition) is 2. The summed E-state index contributed by atoms with van der Waals surface area (Å²) in [4.78, 5) is 2.67. The average Bonchev–Trinajstić information content (AvgIpc) is 2.29. The van der Waals surface area contributed by atoms with Crippen LogP contribution in [0.3, 0.4) is 0 Å². The minimum absolute atomic E-state index is 0.691. The number of piperidine rings is 1. The van der Waals surface area contributed by atoms with Gasteiger partial charge in [0, 0.05) is 19.1 Å². The highest BCUT2D eigenvalue weighted by atomic mass is 15.2. The molecule has 16 heavy (non-hydrogen) atoms. The molecular weight excluding hydrogens is 196 g/mol. The van der Waals surface area contributed by atoms with Gasteiger partial charge in [0.15, 0.2) is 0 Å². The monoisotopic (exact) mass is 226 g/mol. The van der Waals surface area contributed by atoms with E-state index in [-0.39, 0.29) is 0 Å². The van der Waals surface area contributed by atoms with Crippen LogP contribution in [-0.4, -0.2) is 37.1 Å². The number of rotatable bonds is 6. The van der Waals surface area contributed by atoms with Crippen molar-refractivity contribution in [2.75, 3.05) is 26.2 Å². The normalized spacial score (nSPS) is 24.0. The summed E-state index contributed by atoms with van der Waals surface area (Å²) in [6.45, 7) is 14.3. The van der Waals surface area contributed by atoms with Crippen LogP contribution in [-0.2, 0) is 0 Å². The second kappa shape index (κ2) is 7.29. The first-order chi connectivity index (χ1) is 7.63. The van der Waals surface area contributed by atoms with Crippen LogP contribution in [0, 0.1) is 11.8 Å². The van der Waals surface area contributed by atoms with Gasteiger partial charge in [-0.15, -0.1) is 0 Å². The second-order valence-corrected chi connectivity index (χ2v) is 5.77. The zero-order valence-electron chi connectivity index (χ0n) is 11.6. The van der Waals surface area contributed by atoms with Gasteiger partial charge in [-0.3, -0.25) is 0 Å². The summed E-state index contributed by atoms with van der Waals surface area (Å²) in [5.74, 6) is 1.71. The minimum Gasteiger partial charge on any atom is -0.316 e. The van der Waals surface area contributed by atoms with E-state index in [1.807, 2.05) is 0 Å². The van der Waals surface area contributed by atoms with E-state index < -0.39 is 0 Å². The van der Waals surface area contributed by atoms with Gasteiger partial charge in [-0.2, -0.15) is 0 Å². The van der Waals surface area contributed by atoms with Crippen LogP contribution in [0.5, 0.6) is 0 Å². The minimum atomic E-state index is 0.691. The quantitative estimate of drug-likeness (QED) is 0.749. The highest BCUT2D eigenvalue weighted by molar-refractivity contribution is 4.75. The van der Waals surface area contributed by atoms with E-state index in [0.717, 1.165) is 11.8 Å². The molecule has 2 heteroatoms. The Morgan fingerprint density at radius 3 is 2.56 bits per heavy atom. The molecule has 1 heterocycles. The van der Waals surface area contributed by atoms with Crippen molar-refractivity contribution < 1.29 is 0 Å². The third kappa shape index (κ3) is 4.84. The molecule has 0 aromatic carbocycles. The summed E-state index contributed by atoms with van der Waals surface area (Å²) in [5, 5.41) is 3.52. The molecule has 0 amide bonds. The molecule has 0 aliphatic carbocycles. The van der Waals surface area contributed by atoms with E-state index >= 15 is 0 Å². The Labute approximate surface area is 102 Å². The van der Waals surface area contributed by atoms with Crippen LogP contribution in [0.15, 0.2) is 0 Å². The molecule has 1 aliphatic rings. The largest absolute Gasteiger partial charge is 0.316 e. The zero-order valence-corrected chi connectivity index (χ0v) is 11.6. The highest BCUT2D eigenvalue weighted by Gasteiger charge is 2.19. The lowest BCUT2D eigenvalue weighted by atomic mass is 9.97. The van der Waals surface area contributed by atoms with Crippen LogP contribution in [0.2, 0.25) is 0 Å². The average molecular weight is 226 g/mol. The fourth-order valence-electron chi connectivity index (χ4n) is 2.44. The Hall–Kier alpha value is -0.0800. The summed E-state index contributed by atoms with van der Waals surface area (Å²) < 4.78 is 0. The number of hydrogen-bond donors (Lipinski definition) is 1. The van der Waals surface area contributed by atoms with Crippen LogP contribution in [0.4, 0.5) is 0 Å². The fraction of sp³-hybridized carbons (Fsp3) is 1.00. The predicted molar refractivity (Wildman–Crippen MR) is 71.8 cm³/mol. The second-order valence-electron chi connectivity index (χ2n) is 5.77. The Kier molecular flexibility index (Phi) is 6.37. The summed E-state index contributed by atoms with van der Waals surface area (Å²) in [6.07, 6.45) is 4.07. The molecule has 0 saturated carbocycles. The molecule has 1 fully saturated rings. The van der Waals surface area contributed by atoms with Gasteiger partial charge in [-0.25, -0.2) is 0 Å². The lowest BCUT2D eigenvalue weighted by Crippen LogP contribution is -2.42. The highest BCUT2D eigenvalue weighted by Crippen LogP contribution is 2.15. The van der Waals surface area contributed by atoms with Crippen LogP contribution < -0.4 is 5.32 Å². The van der Waals surface area contributed by atoms with Crippen LogP contribution >= 0.6 is 0 Å². The maximum atomic E-state index is 3.52. The van der Waals surface area contributed by atoms with E-state index in [9.17, 15) is 0 Å². The van der Waals surface area contributed by atoms with Gasteiger partial charge >= 0.3 is 0 Å². The first kappa shape index (κ1) is 14.0. The Morgan fingerprint density at radius 1 is 1.31 bits per heavy atom. The van der Waals surface area contributed by atoms with Crippen molar-refractivity contribution in [3.8, 4) is 0 Å². The molecule has 2 unspecified atom stereocenters. The summed E-state index contributed by atoms with van der Waals surface area (Å²) in [5.41, 5.74) is 0. The first-order valence-corrected chi connectivity index (χ1v) is 7.08. The molecule has 1 rings (SSSR count). The maximum Gasteiger partial charge on any atom is 0.00388 e. The molecular formula is C14H30N2. The molecule has 0 aromatic rings. The standard InChI is InChI=1S/C14H30N2/c1-5-13(4)10-16(12(2)3)11-14-7-6-8-15-9-14/h12-15H,5-11H2,1-4H3. The van der Waals surface area contributed by atoms with E-state index in [1.54, 1.807) is 0 Å². The van der Waals surface area contributed by atoms with Crippen molar-refractivity contribution in [3.05, 3.63) is 0 Å². The Bertz CT molecular complexity index is 174. The number of nitrogens with zero attached hydrogens (tertiary/aromatic N) is 1. The molecule has 96 valence electrons. The molecule has 0 aromatic heterocycles. The predicted octanol–water partition coefficient (Wildman–Crippen LogP) is 2.74. The smallest absolute Gasteiger partial charge is 0.00388 e. The number of nitrogens with one attached hydrogen (secondary N) is 1. The van der Waals surface area contributed by atoms with Gasteiger partial charge in [0.25, 0.3) is 0 Å². The van der Waals surface area contributed by atoms with Gasteiger partial charge in [-0.05, 0) is 51.6 Å². The first-order valence-electron chi connectivity index (χ1n) is 7.08. The van der Waals surface area contributed by atoms with Gasteiger partial charge in [-0.1, -0.05) is 20.3 Å². The molecule has 0 spiro atoms. The SMILES string of the molecule is CCC(C)CN(CC1CCCNC1)C(C)C. The van der Waals surface area contributed by atoms with E-state index in [1.165, 1.54) is 45.4 Å². The Balaban J connectivity index is 2.37. The van der Waals surface area contributed by atoms with Crippen molar-refractivity contribution in [1.82, 2.24) is 10.2 Å². The van der Waals surface area contributed by atoms with Crippen LogP contribution in [0.25, 0.3) is 0 Å². The third-order valence-corrected chi connectivity index (χ3v) is 3.87. The molecule has 0 radical (unpaired) electrons. The molecule has 2 nitrogen and oxygen atoms in total. The van der Waals surface area contributed by atoms with E-state index in [2.05, 4.69) is 37.9 Å². The summed E-state index contributed by atoms with van der Waals surface area (Å²) >= 11 is 0.